The maximum Gasteiger partial charge on any atom is 0.200 e. The van der Waals surface area contributed by atoms with Crippen LogP contribution in [0.4, 0.5) is 0 Å². The quantitative estimate of drug-likeness (QED) is 0.413. The Labute approximate surface area is 155 Å². The summed E-state index contributed by atoms with van der Waals surface area (Å²) in [6.07, 6.45) is 0. The largest absolute Gasteiger partial charge is 0.508 e. The first-order chi connectivity index (χ1) is 12.9. The Balaban J connectivity index is 2.02. The molecule has 0 fully saturated rings. The van der Waals surface area contributed by atoms with Crippen molar-refractivity contribution in [1.29, 1.82) is 0 Å². The number of methoxy groups -OCH3 is 2. The number of fused-ring (bicyclic) bond motifs is 3. The minimum Gasteiger partial charge on any atom is -0.508 e. The van der Waals surface area contributed by atoms with Crippen molar-refractivity contribution in [2.24, 2.45) is 0 Å². The van der Waals surface area contributed by atoms with E-state index in [1.807, 2.05) is 0 Å². The van der Waals surface area contributed by atoms with Crippen LogP contribution < -0.4 is 9.47 Å². The van der Waals surface area contributed by atoms with Gasteiger partial charge in [0.25, 0.3) is 0 Å². The predicted octanol–water partition coefficient (Wildman–Crippen LogP) is 3.69. The molecule has 3 aromatic rings. The van der Waals surface area contributed by atoms with E-state index >= 15 is 0 Å². The van der Waals surface area contributed by atoms with Gasteiger partial charge < -0.3 is 29.9 Å². The van der Waals surface area contributed by atoms with Crippen LogP contribution in [-0.2, 0) is 0 Å². The highest BCUT2D eigenvalue weighted by molar-refractivity contribution is 5.83. The molecule has 0 spiro atoms. The molecular formula is C21H18O6. The fourth-order valence-corrected chi connectivity index (χ4v) is 3.71. The van der Waals surface area contributed by atoms with E-state index in [0.29, 0.717) is 0 Å². The predicted molar refractivity (Wildman–Crippen MR) is 99.0 cm³/mol. The Kier molecular flexibility index (Phi) is 3.77. The number of phenolic OH excluding ortho intramolecular Hbond substituents is 4. The molecule has 0 saturated carbocycles. The summed E-state index contributed by atoms with van der Waals surface area (Å²) in [6.45, 7) is 0. The lowest BCUT2D eigenvalue weighted by Crippen LogP contribution is -2.01. The van der Waals surface area contributed by atoms with Crippen molar-refractivity contribution >= 4 is 0 Å². The van der Waals surface area contributed by atoms with Gasteiger partial charge in [0.2, 0.25) is 5.75 Å². The van der Waals surface area contributed by atoms with E-state index in [2.05, 4.69) is 0 Å². The summed E-state index contributed by atoms with van der Waals surface area (Å²) in [4.78, 5) is 0. The molecule has 6 nitrogen and oxygen atoms in total. The van der Waals surface area contributed by atoms with Gasteiger partial charge in [-0.1, -0.05) is 6.07 Å². The second-order valence-electron chi connectivity index (χ2n) is 6.41. The average Bonchev–Trinajstić information content (AvgIpc) is 2.95. The third kappa shape index (κ3) is 2.49. The Morgan fingerprint density at radius 3 is 1.93 bits per heavy atom. The Morgan fingerprint density at radius 1 is 0.704 bits per heavy atom. The van der Waals surface area contributed by atoms with Crippen LogP contribution in [0.3, 0.4) is 0 Å². The molecule has 0 bridgehead atoms. The van der Waals surface area contributed by atoms with Crippen molar-refractivity contribution in [1.82, 2.24) is 0 Å². The average molecular weight is 366 g/mol. The molecule has 4 N–H and O–H groups in total. The van der Waals surface area contributed by atoms with Crippen molar-refractivity contribution in [3.63, 3.8) is 0 Å². The third-order valence-electron chi connectivity index (χ3n) is 4.93. The minimum absolute atomic E-state index is 0.105. The summed E-state index contributed by atoms with van der Waals surface area (Å²) in [7, 11) is 2.90. The molecule has 0 saturated heterocycles. The summed E-state index contributed by atoms with van der Waals surface area (Å²) in [6, 6.07) is 11.4. The number of hydrogen-bond acceptors (Lipinski definition) is 6. The second kappa shape index (κ2) is 6.02. The van der Waals surface area contributed by atoms with E-state index in [0.717, 1.165) is 27.8 Å². The highest BCUT2D eigenvalue weighted by Gasteiger charge is 2.33. The maximum atomic E-state index is 10.2. The zero-order valence-electron chi connectivity index (χ0n) is 14.7. The summed E-state index contributed by atoms with van der Waals surface area (Å²) in [5.41, 5.74) is 3.92. The molecule has 0 amide bonds. The normalized spacial score (nSPS) is 14.5. The molecule has 1 atom stereocenters. The summed E-state index contributed by atoms with van der Waals surface area (Å²) < 4.78 is 10.5. The number of ether oxygens (including phenoxy) is 2. The zero-order valence-corrected chi connectivity index (χ0v) is 14.7. The monoisotopic (exact) mass is 366 g/mol. The van der Waals surface area contributed by atoms with E-state index in [4.69, 9.17) is 9.47 Å². The van der Waals surface area contributed by atoms with Crippen LogP contribution in [0, 0.1) is 0 Å². The molecule has 1 aliphatic rings. The Bertz CT molecular complexity index is 1030. The van der Waals surface area contributed by atoms with Gasteiger partial charge in [0.1, 0.15) is 5.75 Å². The molecule has 0 aliphatic heterocycles. The van der Waals surface area contributed by atoms with Gasteiger partial charge in [-0.05, 0) is 64.2 Å². The number of benzene rings is 3. The number of phenols is 4. The molecule has 1 aliphatic carbocycles. The number of hydrogen-bond donors (Lipinski definition) is 4. The first-order valence-electron chi connectivity index (χ1n) is 8.28. The van der Waals surface area contributed by atoms with Gasteiger partial charge in [-0.25, -0.2) is 0 Å². The molecule has 4 rings (SSSR count). The lowest BCUT2D eigenvalue weighted by molar-refractivity contribution is 0.339. The van der Waals surface area contributed by atoms with Crippen LogP contribution in [0.1, 0.15) is 22.6 Å². The first kappa shape index (κ1) is 16.9. The summed E-state index contributed by atoms with van der Waals surface area (Å²) >= 11 is 0. The van der Waals surface area contributed by atoms with Crippen LogP contribution in [-0.4, -0.2) is 34.6 Å². The SMILES string of the molecule is COc1cc(C2c3cc(O)ccc3-c3cc(O)c(O)cc32)cc(OC)c1O. The van der Waals surface area contributed by atoms with Crippen LogP contribution in [0.25, 0.3) is 11.1 Å². The van der Waals surface area contributed by atoms with Gasteiger partial charge in [-0.15, -0.1) is 0 Å². The van der Waals surface area contributed by atoms with Crippen molar-refractivity contribution in [3.05, 3.63) is 59.2 Å². The third-order valence-corrected chi connectivity index (χ3v) is 4.93. The Morgan fingerprint density at radius 2 is 1.30 bits per heavy atom. The van der Waals surface area contributed by atoms with Gasteiger partial charge in [0, 0.05) is 5.92 Å². The second-order valence-corrected chi connectivity index (χ2v) is 6.41. The van der Waals surface area contributed by atoms with Crippen molar-refractivity contribution in [3.8, 4) is 45.6 Å². The zero-order chi connectivity index (χ0) is 19.3. The lowest BCUT2D eigenvalue weighted by atomic mass is 9.88. The van der Waals surface area contributed by atoms with Crippen LogP contribution in [0.5, 0.6) is 34.5 Å². The smallest absolute Gasteiger partial charge is 0.200 e. The van der Waals surface area contributed by atoms with Gasteiger partial charge in [-0.2, -0.15) is 0 Å². The molecule has 1 unspecified atom stereocenters. The molecule has 27 heavy (non-hydrogen) atoms. The number of rotatable bonds is 3. The minimum atomic E-state index is -0.350. The molecule has 6 heteroatoms. The summed E-state index contributed by atoms with van der Waals surface area (Å²) in [5.74, 6) is -0.283. The van der Waals surface area contributed by atoms with Crippen molar-refractivity contribution < 1.29 is 29.9 Å². The molecule has 0 heterocycles. The van der Waals surface area contributed by atoms with Gasteiger partial charge in [0.05, 0.1) is 14.2 Å². The van der Waals surface area contributed by atoms with E-state index in [-0.39, 0.29) is 40.4 Å². The van der Waals surface area contributed by atoms with Gasteiger partial charge >= 0.3 is 0 Å². The van der Waals surface area contributed by atoms with Crippen molar-refractivity contribution in [2.45, 2.75) is 5.92 Å². The number of aromatic hydroxyl groups is 4. The first-order valence-corrected chi connectivity index (χ1v) is 8.28. The molecule has 0 radical (unpaired) electrons. The van der Waals surface area contributed by atoms with Gasteiger partial charge in [0.15, 0.2) is 23.0 Å². The van der Waals surface area contributed by atoms with Crippen LogP contribution in [0.2, 0.25) is 0 Å². The maximum absolute atomic E-state index is 10.2. The summed E-state index contributed by atoms with van der Waals surface area (Å²) in [5, 5.41) is 40.2. The molecule has 0 aromatic heterocycles. The fraction of sp³-hybridized carbons (Fsp3) is 0.143. The Hall–Kier alpha value is -3.54. The van der Waals surface area contributed by atoms with Crippen molar-refractivity contribution in [2.75, 3.05) is 14.2 Å². The topological polar surface area (TPSA) is 99.4 Å². The van der Waals surface area contributed by atoms with Gasteiger partial charge in [-0.3, -0.25) is 0 Å². The fourth-order valence-electron chi connectivity index (χ4n) is 3.71. The van der Waals surface area contributed by atoms with E-state index in [9.17, 15) is 20.4 Å². The van der Waals surface area contributed by atoms with E-state index in [1.54, 1.807) is 30.3 Å². The lowest BCUT2D eigenvalue weighted by Gasteiger charge is -2.18. The molecular weight excluding hydrogens is 348 g/mol. The van der Waals surface area contributed by atoms with Crippen LogP contribution >= 0.6 is 0 Å². The van der Waals surface area contributed by atoms with E-state index in [1.165, 1.54) is 26.4 Å². The molecule has 138 valence electrons. The molecule has 3 aromatic carbocycles. The highest BCUT2D eigenvalue weighted by Crippen LogP contribution is 2.53. The highest BCUT2D eigenvalue weighted by atomic mass is 16.5. The van der Waals surface area contributed by atoms with Crippen LogP contribution in [0.15, 0.2) is 42.5 Å². The van der Waals surface area contributed by atoms with E-state index < -0.39 is 0 Å². The standard InChI is InChI=1S/C21H18O6/c1-26-18-5-10(6-19(27-2)21(18)25)20-14-7-11(22)3-4-12(14)13-8-16(23)17(24)9-15(13)20/h3-9,20,22-25H,1-2H3.